The van der Waals surface area contributed by atoms with Gasteiger partial charge in [0.2, 0.25) is 0 Å². The fraction of sp³-hybridized carbons (Fsp3) is 0.0370. The molecule has 0 aliphatic rings. The van der Waals surface area contributed by atoms with Crippen molar-refractivity contribution in [1.82, 2.24) is 9.99 Å². The first-order chi connectivity index (χ1) is 17.5. The molecule has 1 N–H and O–H groups in total. The molecule has 0 bridgehead atoms. The molecule has 0 saturated heterocycles. The zero-order chi connectivity index (χ0) is 25.1. The number of hydrazone groups is 1. The van der Waals surface area contributed by atoms with E-state index in [1.165, 1.54) is 29.8 Å². The monoisotopic (exact) mass is 498 g/mol. The van der Waals surface area contributed by atoms with Crippen LogP contribution < -0.4 is 5.43 Å². The largest absolute Gasteiger partial charge is 0.451 e. The van der Waals surface area contributed by atoms with Gasteiger partial charge in [-0.15, -0.1) is 0 Å². The maximum absolute atomic E-state index is 12.6. The number of nitro groups is 1. The molecule has 0 unspecified atom stereocenters. The van der Waals surface area contributed by atoms with Crippen molar-refractivity contribution in [2.45, 2.75) is 6.54 Å². The Morgan fingerprint density at radius 3 is 2.61 bits per heavy atom. The molecule has 2 heterocycles. The molecular weight excluding hydrogens is 480 g/mol. The van der Waals surface area contributed by atoms with Crippen LogP contribution in [0.25, 0.3) is 22.2 Å². The van der Waals surface area contributed by atoms with E-state index in [1.807, 2.05) is 48.7 Å². The van der Waals surface area contributed by atoms with Gasteiger partial charge in [0.1, 0.15) is 5.76 Å². The van der Waals surface area contributed by atoms with Crippen molar-refractivity contribution in [3.8, 4) is 11.3 Å². The Morgan fingerprint density at radius 1 is 1.06 bits per heavy atom. The van der Waals surface area contributed by atoms with Crippen LogP contribution in [0.2, 0.25) is 5.02 Å². The van der Waals surface area contributed by atoms with E-state index in [9.17, 15) is 14.9 Å². The van der Waals surface area contributed by atoms with Crippen molar-refractivity contribution in [1.29, 1.82) is 0 Å². The minimum atomic E-state index is -0.538. The molecule has 2 aromatic heterocycles. The maximum atomic E-state index is 12.6. The zero-order valence-electron chi connectivity index (χ0n) is 18.8. The molecule has 9 heteroatoms. The Balaban J connectivity index is 1.32. The summed E-state index contributed by atoms with van der Waals surface area (Å²) in [7, 11) is 0. The van der Waals surface area contributed by atoms with Gasteiger partial charge in [0.25, 0.3) is 5.69 Å². The molecule has 1 amide bonds. The lowest BCUT2D eigenvalue weighted by Crippen LogP contribution is -2.16. The van der Waals surface area contributed by atoms with Crippen LogP contribution in [0.3, 0.4) is 0 Å². The van der Waals surface area contributed by atoms with Crippen LogP contribution in [0.15, 0.2) is 101 Å². The molecule has 8 nitrogen and oxygen atoms in total. The summed E-state index contributed by atoms with van der Waals surface area (Å²) in [6.07, 6.45) is 3.59. The van der Waals surface area contributed by atoms with E-state index in [4.69, 9.17) is 16.0 Å². The summed E-state index contributed by atoms with van der Waals surface area (Å²) in [4.78, 5) is 22.9. The minimum absolute atomic E-state index is 0.0306. The molecule has 5 aromatic rings. The number of benzene rings is 3. The van der Waals surface area contributed by atoms with E-state index in [0.29, 0.717) is 17.9 Å². The lowest BCUT2D eigenvalue weighted by molar-refractivity contribution is -0.384. The molecule has 0 saturated carbocycles. The summed E-state index contributed by atoms with van der Waals surface area (Å²) in [5.41, 5.74) is 5.89. The second kappa shape index (κ2) is 9.89. The van der Waals surface area contributed by atoms with Gasteiger partial charge in [-0.2, -0.15) is 5.10 Å². The molecule has 36 heavy (non-hydrogen) atoms. The number of nitrogens with zero attached hydrogens (tertiary/aromatic N) is 3. The van der Waals surface area contributed by atoms with E-state index < -0.39 is 10.8 Å². The fourth-order valence-corrected chi connectivity index (χ4v) is 4.19. The SMILES string of the molecule is O=C(N/N=C/c1cn(Cc2ccccc2)c2ccccc12)c1ccc(-c2ccc([N+](=O)[O-])cc2Cl)o1. The second-order valence-corrected chi connectivity index (χ2v) is 8.41. The quantitative estimate of drug-likeness (QED) is 0.162. The second-order valence-electron chi connectivity index (χ2n) is 8.00. The lowest BCUT2D eigenvalue weighted by atomic mass is 10.1. The van der Waals surface area contributed by atoms with Crippen LogP contribution in [0, 0.1) is 10.1 Å². The van der Waals surface area contributed by atoms with Crippen molar-refractivity contribution in [3.05, 3.63) is 123 Å². The van der Waals surface area contributed by atoms with E-state index in [-0.39, 0.29) is 16.5 Å². The van der Waals surface area contributed by atoms with Gasteiger partial charge in [-0.3, -0.25) is 14.9 Å². The number of nitrogens with one attached hydrogen (secondary N) is 1. The van der Waals surface area contributed by atoms with Gasteiger partial charge in [0.15, 0.2) is 5.76 Å². The molecular formula is C27H19ClN4O4. The van der Waals surface area contributed by atoms with Gasteiger partial charge in [-0.1, -0.05) is 60.1 Å². The Kier molecular flexibility index (Phi) is 6.34. The summed E-state index contributed by atoms with van der Waals surface area (Å²) in [6.45, 7) is 0.710. The Bertz CT molecular complexity index is 1600. The van der Waals surface area contributed by atoms with Gasteiger partial charge in [0.05, 0.1) is 16.2 Å². The third-order valence-corrected chi connectivity index (χ3v) is 5.96. The highest BCUT2D eigenvalue weighted by Gasteiger charge is 2.16. The number of carbonyl (C=O) groups excluding carboxylic acids is 1. The number of non-ortho nitro benzene ring substituents is 1. The van der Waals surface area contributed by atoms with Crippen LogP contribution in [0.5, 0.6) is 0 Å². The number of furan rings is 1. The number of carbonyl (C=O) groups is 1. The van der Waals surface area contributed by atoms with Crippen LogP contribution in [0.1, 0.15) is 21.7 Å². The first-order valence-corrected chi connectivity index (χ1v) is 11.4. The summed E-state index contributed by atoms with van der Waals surface area (Å²) in [6, 6.07) is 25.2. The summed E-state index contributed by atoms with van der Waals surface area (Å²) >= 11 is 6.16. The molecule has 0 spiro atoms. The van der Waals surface area contributed by atoms with Crippen LogP contribution >= 0.6 is 11.6 Å². The summed E-state index contributed by atoms with van der Waals surface area (Å²) in [5.74, 6) is -0.195. The predicted molar refractivity (Wildman–Crippen MR) is 138 cm³/mol. The number of aromatic nitrogens is 1. The van der Waals surface area contributed by atoms with Crippen molar-refractivity contribution >= 4 is 40.3 Å². The van der Waals surface area contributed by atoms with Crippen molar-refractivity contribution < 1.29 is 14.1 Å². The smallest absolute Gasteiger partial charge is 0.307 e. The molecule has 0 fully saturated rings. The molecule has 0 atom stereocenters. The highest BCUT2D eigenvalue weighted by Crippen LogP contribution is 2.32. The number of hydrogen-bond acceptors (Lipinski definition) is 5. The topological polar surface area (TPSA) is 103 Å². The van der Waals surface area contributed by atoms with Crippen molar-refractivity contribution in [3.63, 3.8) is 0 Å². The average Bonchev–Trinajstić information content (AvgIpc) is 3.50. The molecule has 0 radical (unpaired) electrons. The van der Waals surface area contributed by atoms with Crippen LogP contribution in [-0.4, -0.2) is 21.6 Å². The van der Waals surface area contributed by atoms with Crippen LogP contribution in [0.4, 0.5) is 5.69 Å². The molecule has 3 aromatic carbocycles. The Morgan fingerprint density at radius 2 is 1.83 bits per heavy atom. The van der Waals surface area contributed by atoms with Crippen LogP contribution in [-0.2, 0) is 6.54 Å². The zero-order valence-corrected chi connectivity index (χ0v) is 19.6. The van der Waals surface area contributed by atoms with Gasteiger partial charge < -0.3 is 8.98 Å². The molecule has 5 rings (SSSR count). The third-order valence-electron chi connectivity index (χ3n) is 5.64. The lowest BCUT2D eigenvalue weighted by Gasteiger charge is -2.05. The first kappa shape index (κ1) is 23.1. The van der Waals surface area contributed by atoms with E-state index in [2.05, 4.69) is 27.2 Å². The average molecular weight is 499 g/mol. The van der Waals surface area contributed by atoms with Crippen molar-refractivity contribution in [2.24, 2.45) is 5.10 Å². The fourth-order valence-electron chi connectivity index (χ4n) is 3.93. The number of hydrogen-bond donors (Lipinski definition) is 1. The highest BCUT2D eigenvalue weighted by molar-refractivity contribution is 6.33. The number of rotatable bonds is 7. The maximum Gasteiger partial charge on any atom is 0.307 e. The Hall–Kier alpha value is -4.69. The van der Waals surface area contributed by atoms with Gasteiger partial charge >= 0.3 is 5.91 Å². The molecule has 178 valence electrons. The number of para-hydroxylation sites is 1. The molecule has 0 aliphatic heterocycles. The number of fused-ring (bicyclic) bond motifs is 1. The van der Waals surface area contributed by atoms with Gasteiger partial charge in [0, 0.05) is 46.9 Å². The number of nitro benzene ring substituents is 1. The van der Waals surface area contributed by atoms with Gasteiger partial charge in [-0.25, -0.2) is 5.43 Å². The van der Waals surface area contributed by atoms with E-state index >= 15 is 0 Å². The third kappa shape index (κ3) is 4.75. The highest BCUT2D eigenvalue weighted by atomic mass is 35.5. The van der Waals surface area contributed by atoms with Crippen molar-refractivity contribution in [2.75, 3.05) is 0 Å². The number of amides is 1. The normalized spacial score (nSPS) is 11.2. The Labute approximate surface area is 210 Å². The predicted octanol–water partition coefficient (Wildman–Crippen LogP) is 6.28. The molecule has 0 aliphatic carbocycles. The van der Waals surface area contributed by atoms with Gasteiger partial charge in [-0.05, 0) is 29.8 Å². The number of halogens is 1. The van der Waals surface area contributed by atoms with E-state index in [1.54, 1.807) is 12.3 Å². The minimum Gasteiger partial charge on any atom is -0.451 e. The first-order valence-electron chi connectivity index (χ1n) is 11.0. The standard InChI is InChI=1S/C27H19ClN4O4/c28-23-14-20(32(34)35)10-11-22(23)25-12-13-26(36-25)27(33)30-29-15-19-17-31(16-18-6-2-1-3-7-18)24-9-5-4-8-21(19)24/h1-15,17H,16H2,(H,30,33)/b29-15+. The summed E-state index contributed by atoms with van der Waals surface area (Å²) < 4.78 is 7.75. The van der Waals surface area contributed by atoms with E-state index in [0.717, 1.165) is 16.5 Å². The summed E-state index contributed by atoms with van der Waals surface area (Å²) in [5, 5.41) is 16.2.